The van der Waals surface area contributed by atoms with Gasteiger partial charge >= 0.3 is 5.97 Å². The van der Waals surface area contributed by atoms with Crippen molar-refractivity contribution in [3.05, 3.63) is 47.0 Å². The number of carbonyl (C=O) groups is 2. The highest BCUT2D eigenvalue weighted by molar-refractivity contribution is 6.36. The molecule has 2 rings (SSSR count). The number of rotatable bonds is 4. The minimum Gasteiger partial charge on any atom is -0.459 e. The Morgan fingerprint density at radius 1 is 1.07 bits per heavy atom. The van der Waals surface area contributed by atoms with Crippen molar-refractivity contribution in [1.82, 2.24) is 0 Å². The molecule has 0 saturated carbocycles. The van der Waals surface area contributed by atoms with E-state index in [0.717, 1.165) is 0 Å². The third-order valence-corrected chi connectivity index (χ3v) is 3.79. The van der Waals surface area contributed by atoms with Gasteiger partial charge in [0.15, 0.2) is 0 Å². The quantitative estimate of drug-likeness (QED) is 0.544. The number of hydrogen-bond acceptors (Lipinski definition) is 6. The zero-order valence-corrected chi connectivity index (χ0v) is 16.2. The second-order valence-corrected chi connectivity index (χ2v) is 7.45. The first-order valence-corrected chi connectivity index (χ1v) is 8.59. The molecule has 0 bridgehead atoms. The lowest BCUT2D eigenvalue weighted by Crippen LogP contribution is -2.39. The zero-order chi connectivity index (χ0) is 20.4. The summed E-state index contributed by atoms with van der Waals surface area (Å²) in [4.78, 5) is 26.8. The van der Waals surface area contributed by atoms with E-state index < -0.39 is 17.5 Å². The van der Waals surface area contributed by atoms with Crippen molar-refractivity contribution in [2.24, 2.45) is 0 Å². The molecule has 0 aliphatic carbocycles. The normalized spacial score (nSPS) is 11.1. The number of nitrogens with zero attached hydrogens (tertiary/aromatic N) is 1. The van der Waals surface area contributed by atoms with Gasteiger partial charge in [-0.05, 0) is 51.1 Å². The standard InChI is InChI=1S/C19H23ClN4O3/c1-19(2,3)27-16(25)10-24(13-6-4-5-11(21)7-13)18(26)17-14(20)8-12(22)9-15(17)23/h4-9H,10,21-23H2,1-3H3. The average molecular weight is 391 g/mol. The number of hydrogen-bond donors (Lipinski definition) is 3. The molecule has 2 aromatic carbocycles. The van der Waals surface area contributed by atoms with Crippen LogP contribution in [0.1, 0.15) is 31.1 Å². The summed E-state index contributed by atoms with van der Waals surface area (Å²) in [6.07, 6.45) is 0. The van der Waals surface area contributed by atoms with Gasteiger partial charge in [0.25, 0.3) is 5.91 Å². The summed E-state index contributed by atoms with van der Waals surface area (Å²) in [5, 5.41) is 0.0931. The Balaban J connectivity index is 2.46. The lowest BCUT2D eigenvalue weighted by Gasteiger charge is -2.26. The number of amides is 1. The van der Waals surface area contributed by atoms with Crippen LogP contribution in [0.4, 0.5) is 22.7 Å². The van der Waals surface area contributed by atoms with Crippen LogP contribution in [0.2, 0.25) is 5.02 Å². The number of anilines is 4. The van der Waals surface area contributed by atoms with E-state index in [2.05, 4.69) is 0 Å². The Morgan fingerprint density at radius 3 is 2.30 bits per heavy atom. The third-order valence-electron chi connectivity index (χ3n) is 3.49. The largest absolute Gasteiger partial charge is 0.459 e. The van der Waals surface area contributed by atoms with E-state index in [0.29, 0.717) is 17.1 Å². The lowest BCUT2D eigenvalue weighted by atomic mass is 10.1. The molecular weight excluding hydrogens is 368 g/mol. The highest BCUT2D eigenvalue weighted by Gasteiger charge is 2.27. The second kappa shape index (κ2) is 7.75. The van der Waals surface area contributed by atoms with Crippen molar-refractivity contribution >= 4 is 46.2 Å². The summed E-state index contributed by atoms with van der Waals surface area (Å²) in [5.74, 6) is -1.14. The molecular formula is C19H23ClN4O3. The summed E-state index contributed by atoms with van der Waals surface area (Å²) >= 11 is 6.19. The van der Waals surface area contributed by atoms with E-state index in [4.69, 9.17) is 33.5 Å². The molecule has 7 nitrogen and oxygen atoms in total. The van der Waals surface area contributed by atoms with Crippen molar-refractivity contribution in [3.8, 4) is 0 Å². The smallest absolute Gasteiger partial charge is 0.326 e. The topological polar surface area (TPSA) is 125 Å². The monoisotopic (exact) mass is 390 g/mol. The molecule has 0 saturated heterocycles. The van der Waals surface area contributed by atoms with Crippen molar-refractivity contribution < 1.29 is 14.3 Å². The molecule has 0 atom stereocenters. The highest BCUT2D eigenvalue weighted by atomic mass is 35.5. The van der Waals surface area contributed by atoms with E-state index in [1.807, 2.05) is 0 Å². The maximum absolute atomic E-state index is 13.2. The molecule has 6 N–H and O–H groups in total. The molecule has 0 heterocycles. The Labute approximate surface area is 163 Å². The van der Waals surface area contributed by atoms with Crippen molar-refractivity contribution in [1.29, 1.82) is 0 Å². The van der Waals surface area contributed by atoms with Gasteiger partial charge in [-0.25, -0.2) is 0 Å². The first kappa shape index (κ1) is 20.4. The lowest BCUT2D eigenvalue weighted by molar-refractivity contribution is -0.152. The molecule has 0 aliphatic heterocycles. The maximum Gasteiger partial charge on any atom is 0.326 e. The van der Waals surface area contributed by atoms with Crippen LogP contribution in [0.5, 0.6) is 0 Å². The van der Waals surface area contributed by atoms with Crippen molar-refractivity contribution in [2.45, 2.75) is 26.4 Å². The molecule has 0 unspecified atom stereocenters. The van der Waals surface area contributed by atoms with Gasteiger partial charge in [-0.1, -0.05) is 17.7 Å². The van der Waals surface area contributed by atoms with Gasteiger partial charge in [0.2, 0.25) is 0 Å². The summed E-state index contributed by atoms with van der Waals surface area (Å²) in [6.45, 7) is 4.89. The maximum atomic E-state index is 13.2. The van der Waals surface area contributed by atoms with E-state index in [1.165, 1.54) is 17.0 Å². The number of halogens is 1. The fraction of sp³-hybridized carbons (Fsp3) is 0.263. The molecule has 0 radical (unpaired) electrons. The average Bonchev–Trinajstić information content (AvgIpc) is 2.49. The van der Waals surface area contributed by atoms with Crippen LogP contribution in [0, 0.1) is 0 Å². The van der Waals surface area contributed by atoms with Gasteiger partial charge in [0.1, 0.15) is 12.1 Å². The van der Waals surface area contributed by atoms with E-state index in [1.54, 1.807) is 45.0 Å². The van der Waals surface area contributed by atoms with Gasteiger partial charge in [-0.15, -0.1) is 0 Å². The van der Waals surface area contributed by atoms with Crippen LogP contribution in [-0.2, 0) is 9.53 Å². The molecule has 144 valence electrons. The number of carbonyl (C=O) groups excluding carboxylic acids is 2. The fourth-order valence-electron chi connectivity index (χ4n) is 2.49. The first-order valence-electron chi connectivity index (χ1n) is 8.21. The van der Waals surface area contributed by atoms with Crippen LogP contribution in [-0.4, -0.2) is 24.0 Å². The highest BCUT2D eigenvalue weighted by Crippen LogP contribution is 2.29. The fourth-order valence-corrected chi connectivity index (χ4v) is 2.80. The van der Waals surface area contributed by atoms with Crippen LogP contribution in [0.3, 0.4) is 0 Å². The number of ether oxygens (including phenoxy) is 1. The second-order valence-electron chi connectivity index (χ2n) is 7.04. The Morgan fingerprint density at radius 2 is 1.74 bits per heavy atom. The van der Waals surface area contributed by atoms with Crippen LogP contribution < -0.4 is 22.1 Å². The minimum absolute atomic E-state index is 0.0526. The Bertz CT molecular complexity index is 854. The zero-order valence-electron chi connectivity index (χ0n) is 15.5. The third kappa shape index (κ3) is 5.27. The van der Waals surface area contributed by atoms with Crippen molar-refractivity contribution in [2.75, 3.05) is 28.6 Å². The van der Waals surface area contributed by atoms with Crippen LogP contribution >= 0.6 is 11.6 Å². The Kier molecular flexibility index (Phi) is 5.85. The number of esters is 1. The number of nitrogens with two attached hydrogens (primary N) is 3. The summed E-state index contributed by atoms with van der Waals surface area (Å²) in [6, 6.07) is 9.43. The molecule has 1 amide bonds. The van der Waals surface area contributed by atoms with Crippen molar-refractivity contribution in [3.63, 3.8) is 0 Å². The van der Waals surface area contributed by atoms with E-state index >= 15 is 0 Å². The summed E-state index contributed by atoms with van der Waals surface area (Å²) in [7, 11) is 0. The predicted molar refractivity (Wildman–Crippen MR) is 109 cm³/mol. The summed E-state index contributed by atoms with van der Waals surface area (Å²) in [5.41, 5.74) is 18.1. The molecule has 0 spiro atoms. The SMILES string of the molecule is CC(C)(C)OC(=O)CN(C(=O)c1c(N)cc(N)cc1Cl)c1cccc(N)c1. The molecule has 8 heteroatoms. The van der Waals surface area contributed by atoms with Gasteiger partial charge in [-0.3, -0.25) is 14.5 Å². The van der Waals surface area contributed by atoms with Gasteiger partial charge in [0.05, 0.1) is 10.6 Å². The number of benzene rings is 2. The van der Waals surface area contributed by atoms with Gasteiger partial charge in [-0.2, -0.15) is 0 Å². The van der Waals surface area contributed by atoms with E-state index in [9.17, 15) is 9.59 Å². The molecule has 2 aromatic rings. The van der Waals surface area contributed by atoms with Gasteiger partial charge in [0, 0.05) is 22.7 Å². The molecule has 0 aromatic heterocycles. The van der Waals surface area contributed by atoms with Gasteiger partial charge < -0.3 is 21.9 Å². The van der Waals surface area contributed by atoms with Crippen LogP contribution in [0.25, 0.3) is 0 Å². The van der Waals surface area contributed by atoms with E-state index in [-0.39, 0.29) is 22.8 Å². The van der Waals surface area contributed by atoms with Crippen LogP contribution in [0.15, 0.2) is 36.4 Å². The Hall–Kier alpha value is -2.93. The molecule has 0 aliphatic rings. The molecule has 27 heavy (non-hydrogen) atoms. The first-order chi connectivity index (χ1) is 12.5. The summed E-state index contributed by atoms with van der Waals surface area (Å²) < 4.78 is 5.34. The minimum atomic E-state index is -0.695. The predicted octanol–water partition coefficient (Wildman–Crippen LogP) is 3.08. The molecule has 0 fully saturated rings. The number of nitrogen functional groups attached to an aromatic ring is 3.